The molecule has 2 nitrogen and oxygen atoms in total. The second kappa shape index (κ2) is 5.27. The van der Waals surface area contributed by atoms with Crippen LogP contribution in [0.25, 0.3) is 10.1 Å². The summed E-state index contributed by atoms with van der Waals surface area (Å²) >= 11 is 7.64. The van der Waals surface area contributed by atoms with Gasteiger partial charge in [0, 0.05) is 10.1 Å². The number of benzene rings is 2. The van der Waals surface area contributed by atoms with E-state index in [1.54, 1.807) is 6.07 Å². The molecular formula is C16H12ClNOS. The fraction of sp³-hybridized carbons (Fsp3) is 0.0625. The third-order valence-corrected chi connectivity index (χ3v) is 4.63. The van der Waals surface area contributed by atoms with Crippen molar-refractivity contribution >= 4 is 44.4 Å². The van der Waals surface area contributed by atoms with Gasteiger partial charge in [0.25, 0.3) is 0 Å². The quantitative estimate of drug-likeness (QED) is 0.631. The fourth-order valence-corrected chi connectivity index (χ4v) is 3.27. The van der Waals surface area contributed by atoms with Gasteiger partial charge in [0.1, 0.15) is 5.75 Å². The maximum Gasteiger partial charge on any atom is 0.143 e. The Bertz CT molecular complexity index is 807. The van der Waals surface area contributed by atoms with E-state index >= 15 is 0 Å². The average Bonchev–Trinajstić information content (AvgIpc) is 2.79. The van der Waals surface area contributed by atoms with E-state index in [2.05, 4.69) is 4.99 Å². The van der Waals surface area contributed by atoms with Gasteiger partial charge in [-0.3, -0.25) is 4.99 Å². The summed E-state index contributed by atoms with van der Waals surface area (Å²) in [6, 6.07) is 15.2. The summed E-state index contributed by atoms with van der Waals surface area (Å²) in [5.74, 6) is 0.291. The van der Waals surface area contributed by atoms with E-state index in [1.165, 1.54) is 11.3 Å². The molecule has 0 amide bonds. The van der Waals surface area contributed by atoms with Crippen molar-refractivity contribution in [1.82, 2.24) is 0 Å². The van der Waals surface area contributed by atoms with Gasteiger partial charge < -0.3 is 5.11 Å². The molecule has 0 aliphatic carbocycles. The van der Waals surface area contributed by atoms with Crippen LogP contribution in [0.3, 0.4) is 0 Å². The Kier molecular flexibility index (Phi) is 3.47. The van der Waals surface area contributed by atoms with Gasteiger partial charge in [0.2, 0.25) is 0 Å². The number of aliphatic imine (C=N–C) groups is 1. The van der Waals surface area contributed by atoms with E-state index in [1.807, 2.05) is 49.4 Å². The topological polar surface area (TPSA) is 32.6 Å². The molecule has 0 atom stereocenters. The van der Waals surface area contributed by atoms with Crippen molar-refractivity contribution in [1.29, 1.82) is 0 Å². The van der Waals surface area contributed by atoms with Crippen molar-refractivity contribution in [3.8, 4) is 5.75 Å². The van der Waals surface area contributed by atoms with E-state index < -0.39 is 0 Å². The monoisotopic (exact) mass is 301 g/mol. The van der Waals surface area contributed by atoms with Crippen LogP contribution in [0.5, 0.6) is 5.75 Å². The van der Waals surface area contributed by atoms with Gasteiger partial charge in [-0.05, 0) is 31.2 Å². The van der Waals surface area contributed by atoms with Crippen molar-refractivity contribution in [2.24, 2.45) is 4.99 Å². The molecule has 100 valence electrons. The summed E-state index contributed by atoms with van der Waals surface area (Å²) in [5.41, 5.74) is 1.47. The molecule has 0 fully saturated rings. The summed E-state index contributed by atoms with van der Waals surface area (Å²) in [7, 11) is 0. The molecule has 1 aromatic heterocycles. The first-order valence-corrected chi connectivity index (χ1v) is 7.37. The number of para-hydroxylation sites is 1. The maximum atomic E-state index is 10.3. The van der Waals surface area contributed by atoms with Crippen molar-refractivity contribution in [2.45, 2.75) is 6.92 Å². The van der Waals surface area contributed by atoms with E-state index in [4.69, 9.17) is 11.6 Å². The lowest BCUT2D eigenvalue weighted by Gasteiger charge is -2.01. The van der Waals surface area contributed by atoms with Gasteiger partial charge in [-0.2, -0.15) is 0 Å². The zero-order valence-electron chi connectivity index (χ0n) is 10.8. The first-order chi connectivity index (χ1) is 9.66. The van der Waals surface area contributed by atoms with Crippen LogP contribution >= 0.6 is 22.9 Å². The molecule has 0 saturated carbocycles. The molecular weight excluding hydrogens is 290 g/mol. The number of halogens is 1. The lowest BCUT2D eigenvalue weighted by Crippen LogP contribution is -1.90. The van der Waals surface area contributed by atoms with E-state index in [0.29, 0.717) is 16.5 Å². The lowest BCUT2D eigenvalue weighted by atomic mass is 10.2. The molecule has 0 radical (unpaired) electrons. The molecule has 2 aromatic carbocycles. The first kappa shape index (κ1) is 13.2. The molecule has 0 spiro atoms. The standard InChI is InChI=1S/C16H12ClNOS/c1-10(18-13-8-4-3-7-12(13)17)16-15(19)11-6-2-5-9-14(11)20-16/h2-9,19H,1H3. The average molecular weight is 302 g/mol. The minimum absolute atomic E-state index is 0.291. The van der Waals surface area contributed by atoms with Crippen LogP contribution in [0.1, 0.15) is 11.8 Å². The number of thiophene rings is 1. The summed E-state index contributed by atoms with van der Waals surface area (Å²) in [6.45, 7) is 1.88. The molecule has 0 aliphatic rings. The zero-order chi connectivity index (χ0) is 14.1. The van der Waals surface area contributed by atoms with Gasteiger partial charge >= 0.3 is 0 Å². The second-order valence-corrected chi connectivity index (χ2v) is 5.88. The Morgan fingerprint density at radius 2 is 1.80 bits per heavy atom. The van der Waals surface area contributed by atoms with E-state index in [9.17, 15) is 5.11 Å². The largest absolute Gasteiger partial charge is 0.506 e. The van der Waals surface area contributed by atoms with E-state index in [0.717, 1.165) is 20.7 Å². The van der Waals surface area contributed by atoms with Crippen LogP contribution in [-0.4, -0.2) is 10.8 Å². The maximum absolute atomic E-state index is 10.3. The molecule has 1 N–H and O–H groups in total. The van der Waals surface area contributed by atoms with Gasteiger partial charge in [-0.1, -0.05) is 35.9 Å². The number of nitrogens with zero attached hydrogens (tertiary/aromatic N) is 1. The highest BCUT2D eigenvalue weighted by atomic mass is 35.5. The predicted molar refractivity (Wildman–Crippen MR) is 86.8 cm³/mol. The third kappa shape index (κ3) is 2.30. The van der Waals surface area contributed by atoms with Gasteiger partial charge in [-0.15, -0.1) is 11.3 Å². The number of hydrogen-bond acceptors (Lipinski definition) is 3. The highest BCUT2D eigenvalue weighted by Crippen LogP contribution is 2.37. The van der Waals surface area contributed by atoms with Crippen molar-refractivity contribution in [3.05, 3.63) is 58.4 Å². The Balaban J connectivity index is 2.11. The number of fused-ring (bicyclic) bond motifs is 1. The van der Waals surface area contributed by atoms with Gasteiger partial charge in [-0.25, -0.2) is 0 Å². The SMILES string of the molecule is CC(=Nc1ccccc1Cl)c1sc2ccccc2c1O. The Hall–Kier alpha value is -1.84. The zero-order valence-corrected chi connectivity index (χ0v) is 12.4. The van der Waals surface area contributed by atoms with Crippen LogP contribution in [-0.2, 0) is 0 Å². The minimum Gasteiger partial charge on any atom is -0.506 e. The molecule has 0 saturated heterocycles. The van der Waals surface area contributed by atoms with Crippen LogP contribution in [0.2, 0.25) is 5.02 Å². The molecule has 0 aliphatic heterocycles. The molecule has 1 heterocycles. The summed E-state index contributed by atoms with van der Waals surface area (Å²) in [6.07, 6.45) is 0. The second-order valence-electron chi connectivity index (χ2n) is 4.42. The van der Waals surface area contributed by atoms with Crippen LogP contribution in [0.4, 0.5) is 5.69 Å². The number of aromatic hydroxyl groups is 1. The molecule has 0 bridgehead atoms. The molecule has 0 unspecified atom stereocenters. The van der Waals surface area contributed by atoms with Crippen LogP contribution < -0.4 is 0 Å². The smallest absolute Gasteiger partial charge is 0.143 e. The predicted octanol–water partition coefficient (Wildman–Crippen LogP) is 5.40. The van der Waals surface area contributed by atoms with Crippen molar-refractivity contribution < 1.29 is 5.11 Å². The third-order valence-electron chi connectivity index (χ3n) is 3.04. The normalized spacial score (nSPS) is 12.0. The highest BCUT2D eigenvalue weighted by molar-refractivity contribution is 7.21. The summed E-state index contributed by atoms with van der Waals surface area (Å²) < 4.78 is 1.05. The molecule has 4 heteroatoms. The molecule has 20 heavy (non-hydrogen) atoms. The van der Waals surface area contributed by atoms with Crippen molar-refractivity contribution in [3.63, 3.8) is 0 Å². The summed E-state index contributed by atoms with van der Waals surface area (Å²) in [5, 5.41) is 11.8. The Labute approximate surface area is 126 Å². The fourth-order valence-electron chi connectivity index (χ4n) is 2.05. The lowest BCUT2D eigenvalue weighted by molar-refractivity contribution is 0.482. The Morgan fingerprint density at radius 1 is 1.10 bits per heavy atom. The van der Waals surface area contributed by atoms with Crippen molar-refractivity contribution in [2.75, 3.05) is 0 Å². The van der Waals surface area contributed by atoms with Gasteiger partial charge in [0.05, 0.1) is 21.3 Å². The Morgan fingerprint density at radius 3 is 2.55 bits per heavy atom. The van der Waals surface area contributed by atoms with Crippen LogP contribution in [0.15, 0.2) is 53.5 Å². The molecule has 3 aromatic rings. The highest BCUT2D eigenvalue weighted by Gasteiger charge is 2.13. The first-order valence-electron chi connectivity index (χ1n) is 6.17. The summed E-state index contributed by atoms with van der Waals surface area (Å²) in [4.78, 5) is 5.30. The van der Waals surface area contributed by atoms with Crippen LogP contribution in [0, 0.1) is 0 Å². The van der Waals surface area contributed by atoms with E-state index in [-0.39, 0.29) is 0 Å². The number of rotatable bonds is 2. The minimum atomic E-state index is 0.291. The molecule has 3 rings (SSSR count). The number of hydrogen-bond donors (Lipinski definition) is 1. The van der Waals surface area contributed by atoms with Gasteiger partial charge in [0.15, 0.2) is 0 Å².